The van der Waals surface area contributed by atoms with E-state index in [2.05, 4.69) is 0 Å². The van der Waals surface area contributed by atoms with Crippen LogP contribution in [0.5, 0.6) is 0 Å². The van der Waals surface area contributed by atoms with Crippen molar-refractivity contribution < 1.29 is 13.6 Å². The molecule has 5 nitrogen and oxygen atoms in total. The highest BCUT2D eigenvalue weighted by Crippen LogP contribution is 2.40. The van der Waals surface area contributed by atoms with Gasteiger partial charge in [-0.05, 0) is 48.9 Å². The molecular weight excluding hydrogens is 425 g/mol. The molecule has 1 atom stereocenters. The molecule has 0 saturated carbocycles. The monoisotopic (exact) mass is 439 g/mol. The van der Waals surface area contributed by atoms with Crippen molar-refractivity contribution in [2.45, 2.75) is 19.5 Å². The van der Waals surface area contributed by atoms with E-state index in [4.69, 9.17) is 32.0 Å². The Morgan fingerprint density at radius 2 is 1.87 bits per heavy atom. The van der Waals surface area contributed by atoms with Gasteiger partial charge in [-0.1, -0.05) is 40.9 Å². The van der Waals surface area contributed by atoms with E-state index in [1.165, 1.54) is 6.26 Å². The van der Waals surface area contributed by atoms with Crippen LogP contribution in [0.1, 0.15) is 39.0 Å². The molecule has 0 bridgehead atoms. The molecule has 0 N–H and O–H groups in total. The second-order valence-electron chi connectivity index (χ2n) is 7.26. The van der Waals surface area contributed by atoms with Crippen molar-refractivity contribution in [1.29, 1.82) is 0 Å². The van der Waals surface area contributed by atoms with Gasteiger partial charge in [0.1, 0.15) is 11.3 Å². The van der Waals surface area contributed by atoms with E-state index in [1.807, 2.05) is 13.0 Å². The molecule has 1 aliphatic heterocycles. The number of nitrogens with zero attached hydrogens (tertiary/aromatic N) is 1. The minimum Gasteiger partial charge on any atom is -0.467 e. The topological polar surface area (TPSA) is 63.7 Å². The highest BCUT2D eigenvalue weighted by atomic mass is 35.5. The predicted octanol–water partition coefficient (Wildman–Crippen LogP) is 5.75. The number of fused-ring (bicyclic) bond motifs is 2. The number of hydrogen-bond donors (Lipinski definition) is 0. The number of benzene rings is 2. The summed E-state index contributed by atoms with van der Waals surface area (Å²) in [6.07, 6.45) is 1.54. The molecule has 4 aromatic rings. The maximum atomic E-state index is 13.5. The lowest BCUT2D eigenvalue weighted by Crippen LogP contribution is -2.29. The van der Waals surface area contributed by atoms with Crippen LogP contribution in [0.25, 0.3) is 11.0 Å². The SMILES string of the molecule is Cc1ccc2oc3c(c(=O)c2c1)[C@@H](c1ccc(Cl)c(Cl)c1)N(Cc1ccco1)C3=O. The van der Waals surface area contributed by atoms with Crippen molar-refractivity contribution in [3.05, 3.63) is 103 Å². The Balaban J connectivity index is 1.77. The molecule has 0 radical (unpaired) electrons. The zero-order valence-electron chi connectivity index (χ0n) is 15.8. The molecule has 1 amide bonds. The normalized spacial score (nSPS) is 15.8. The molecule has 0 saturated heterocycles. The first-order valence-corrected chi connectivity index (χ1v) is 10.1. The predicted molar refractivity (Wildman–Crippen MR) is 114 cm³/mol. The summed E-state index contributed by atoms with van der Waals surface area (Å²) in [6.45, 7) is 2.08. The molecule has 2 aromatic heterocycles. The number of rotatable bonds is 3. The van der Waals surface area contributed by atoms with Crippen molar-refractivity contribution in [2.24, 2.45) is 0 Å². The Labute approximate surface area is 181 Å². The quantitative estimate of drug-likeness (QED) is 0.407. The maximum Gasteiger partial charge on any atom is 0.291 e. The van der Waals surface area contributed by atoms with E-state index in [-0.39, 0.29) is 23.6 Å². The summed E-state index contributed by atoms with van der Waals surface area (Å²) >= 11 is 12.3. The first-order valence-electron chi connectivity index (χ1n) is 9.29. The fourth-order valence-electron chi connectivity index (χ4n) is 3.90. The van der Waals surface area contributed by atoms with Gasteiger partial charge in [-0.2, -0.15) is 0 Å². The molecule has 150 valence electrons. The van der Waals surface area contributed by atoms with Gasteiger partial charge in [0.05, 0.1) is 39.8 Å². The second-order valence-corrected chi connectivity index (χ2v) is 8.08. The summed E-state index contributed by atoms with van der Waals surface area (Å²) < 4.78 is 11.4. The summed E-state index contributed by atoms with van der Waals surface area (Å²) in [4.78, 5) is 28.3. The fourth-order valence-corrected chi connectivity index (χ4v) is 4.20. The van der Waals surface area contributed by atoms with E-state index in [1.54, 1.807) is 47.4 Å². The Morgan fingerprint density at radius 1 is 1.03 bits per heavy atom. The van der Waals surface area contributed by atoms with Crippen molar-refractivity contribution >= 4 is 40.1 Å². The third-order valence-corrected chi connectivity index (χ3v) is 6.03. The molecule has 0 unspecified atom stereocenters. The zero-order chi connectivity index (χ0) is 21.0. The van der Waals surface area contributed by atoms with Crippen LogP contribution in [-0.4, -0.2) is 10.8 Å². The van der Waals surface area contributed by atoms with Gasteiger partial charge in [0.2, 0.25) is 5.76 Å². The van der Waals surface area contributed by atoms with Crippen LogP contribution in [0.3, 0.4) is 0 Å². The van der Waals surface area contributed by atoms with Crippen LogP contribution >= 0.6 is 23.2 Å². The lowest BCUT2D eigenvalue weighted by molar-refractivity contribution is 0.0701. The highest BCUT2D eigenvalue weighted by molar-refractivity contribution is 6.42. The summed E-state index contributed by atoms with van der Waals surface area (Å²) in [5, 5.41) is 1.17. The van der Waals surface area contributed by atoms with Crippen LogP contribution in [-0.2, 0) is 6.54 Å². The number of amides is 1. The molecule has 0 spiro atoms. The number of carbonyl (C=O) groups is 1. The number of furan rings is 1. The maximum absolute atomic E-state index is 13.5. The summed E-state index contributed by atoms with van der Waals surface area (Å²) in [6, 6.07) is 13.3. The summed E-state index contributed by atoms with van der Waals surface area (Å²) in [5.74, 6) is 0.255. The number of hydrogen-bond acceptors (Lipinski definition) is 4. The minimum absolute atomic E-state index is 0.0407. The molecule has 30 heavy (non-hydrogen) atoms. The van der Waals surface area contributed by atoms with Gasteiger partial charge in [-0.15, -0.1) is 0 Å². The Morgan fingerprint density at radius 3 is 2.60 bits per heavy atom. The van der Waals surface area contributed by atoms with Crippen molar-refractivity contribution in [3.63, 3.8) is 0 Å². The van der Waals surface area contributed by atoms with Gasteiger partial charge in [-0.25, -0.2) is 0 Å². The molecule has 5 rings (SSSR count). The Bertz CT molecular complexity index is 1360. The lowest BCUT2D eigenvalue weighted by Gasteiger charge is -2.24. The molecule has 0 aliphatic carbocycles. The molecule has 7 heteroatoms. The number of carbonyl (C=O) groups excluding carboxylic acids is 1. The third kappa shape index (κ3) is 2.93. The van der Waals surface area contributed by atoms with E-state index >= 15 is 0 Å². The van der Waals surface area contributed by atoms with E-state index in [0.717, 1.165) is 5.56 Å². The standard InChI is InChI=1S/C23H15Cl2NO4/c1-12-4-7-18-15(9-12)21(27)19-20(13-5-6-16(24)17(25)10-13)26(23(28)22(19)30-18)11-14-3-2-8-29-14/h2-10,20H,11H2,1H3/t20-/m1/s1. The molecule has 2 aromatic carbocycles. The van der Waals surface area contributed by atoms with Gasteiger partial charge in [0, 0.05) is 0 Å². The van der Waals surface area contributed by atoms with Crippen LogP contribution in [0, 0.1) is 6.92 Å². The zero-order valence-corrected chi connectivity index (χ0v) is 17.3. The second kappa shape index (κ2) is 7.04. The average Bonchev–Trinajstić information content (AvgIpc) is 3.33. The van der Waals surface area contributed by atoms with Gasteiger partial charge in [0.15, 0.2) is 5.43 Å². The van der Waals surface area contributed by atoms with Crippen LogP contribution in [0.2, 0.25) is 10.0 Å². The van der Waals surface area contributed by atoms with E-state index < -0.39 is 6.04 Å². The molecular formula is C23H15Cl2NO4. The van der Waals surface area contributed by atoms with Gasteiger partial charge in [0.25, 0.3) is 5.91 Å². The molecule has 1 aliphatic rings. The van der Waals surface area contributed by atoms with Crippen molar-refractivity contribution in [1.82, 2.24) is 4.90 Å². The number of halogens is 2. The first kappa shape index (κ1) is 19.0. The Hall–Kier alpha value is -3.02. The van der Waals surface area contributed by atoms with Gasteiger partial charge >= 0.3 is 0 Å². The summed E-state index contributed by atoms with van der Waals surface area (Å²) in [5.41, 5.74) is 2.04. The Kier molecular flexibility index (Phi) is 4.45. The lowest BCUT2D eigenvalue weighted by atomic mass is 9.98. The molecule has 3 heterocycles. The average molecular weight is 440 g/mol. The van der Waals surface area contributed by atoms with Crippen LogP contribution in [0.15, 0.2) is 68.4 Å². The van der Waals surface area contributed by atoms with Crippen LogP contribution in [0.4, 0.5) is 0 Å². The van der Waals surface area contributed by atoms with Crippen molar-refractivity contribution in [3.8, 4) is 0 Å². The highest BCUT2D eigenvalue weighted by Gasteiger charge is 2.43. The van der Waals surface area contributed by atoms with E-state index in [9.17, 15) is 9.59 Å². The fraction of sp³-hybridized carbons (Fsp3) is 0.130. The van der Waals surface area contributed by atoms with Gasteiger partial charge < -0.3 is 13.7 Å². The number of aryl methyl sites for hydroxylation is 1. The van der Waals surface area contributed by atoms with Crippen LogP contribution < -0.4 is 5.43 Å². The minimum atomic E-state index is -0.673. The molecule has 0 fully saturated rings. The van der Waals surface area contributed by atoms with Crippen molar-refractivity contribution in [2.75, 3.05) is 0 Å². The largest absolute Gasteiger partial charge is 0.467 e. The smallest absolute Gasteiger partial charge is 0.291 e. The third-order valence-electron chi connectivity index (χ3n) is 5.29. The summed E-state index contributed by atoms with van der Waals surface area (Å²) in [7, 11) is 0. The first-order chi connectivity index (χ1) is 14.4. The van der Waals surface area contributed by atoms with E-state index in [0.29, 0.717) is 37.9 Å². The van der Waals surface area contributed by atoms with Gasteiger partial charge in [-0.3, -0.25) is 9.59 Å².